The fraction of sp³-hybridized carbons (Fsp3) is 0.417. The summed E-state index contributed by atoms with van der Waals surface area (Å²) in [4.78, 5) is 11.6. The maximum Gasteiger partial charge on any atom is 0.254 e. The lowest BCUT2D eigenvalue weighted by Gasteiger charge is -2.22. The maximum absolute atomic E-state index is 13.3. The molecule has 5 heteroatoms. The van der Waals surface area contributed by atoms with Crippen LogP contribution in [-0.2, 0) is 0 Å². The average molecular weight is 242 g/mol. The second-order valence-corrected chi connectivity index (χ2v) is 4.68. The summed E-state index contributed by atoms with van der Waals surface area (Å²) in [5.74, 6) is -2.02. The molecule has 1 aromatic rings. The zero-order valence-electron chi connectivity index (χ0n) is 9.89. The third-order valence-electron chi connectivity index (χ3n) is 2.45. The molecular formula is C12H16F2N2O. The van der Waals surface area contributed by atoms with E-state index < -0.39 is 17.5 Å². The summed E-state index contributed by atoms with van der Waals surface area (Å²) in [6, 6.07) is 2.77. The molecule has 17 heavy (non-hydrogen) atoms. The molecule has 0 aromatic heterocycles. The van der Waals surface area contributed by atoms with Gasteiger partial charge in [-0.05, 0) is 30.2 Å². The molecule has 3 nitrogen and oxygen atoms in total. The van der Waals surface area contributed by atoms with E-state index in [-0.39, 0.29) is 11.0 Å². The van der Waals surface area contributed by atoms with Gasteiger partial charge in [0.15, 0.2) is 0 Å². The van der Waals surface area contributed by atoms with Crippen molar-refractivity contribution in [3.63, 3.8) is 0 Å². The Morgan fingerprint density at radius 3 is 2.65 bits per heavy atom. The van der Waals surface area contributed by atoms with Gasteiger partial charge in [-0.2, -0.15) is 0 Å². The monoisotopic (exact) mass is 242 g/mol. The number of halogens is 2. The number of hydrogen-bond acceptors (Lipinski definition) is 2. The molecule has 0 unspecified atom stereocenters. The Hall–Kier alpha value is -1.49. The Labute approximate surface area is 99.0 Å². The minimum Gasteiger partial charge on any atom is -0.351 e. The zero-order chi connectivity index (χ0) is 13.1. The van der Waals surface area contributed by atoms with Crippen LogP contribution >= 0.6 is 0 Å². The summed E-state index contributed by atoms with van der Waals surface area (Å²) in [7, 11) is 0. The molecule has 3 N–H and O–H groups in total. The van der Waals surface area contributed by atoms with Crippen LogP contribution in [0.25, 0.3) is 0 Å². The van der Waals surface area contributed by atoms with Gasteiger partial charge in [0.25, 0.3) is 5.91 Å². The second-order valence-electron chi connectivity index (χ2n) is 4.68. The SMILES string of the molecule is CC(C)(CN)CNC(=O)c1cc(F)ccc1F. The van der Waals surface area contributed by atoms with Gasteiger partial charge in [0.2, 0.25) is 0 Å². The Bertz CT molecular complexity index is 419. The lowest BCUT2D eigenvalue weighted by atomic mass is 9.94. The van der Waals surface area contributed by atoms with Gasteiger partial charge in [0.05, 0.1) is 5.56 Å². The first-order chi connectivity index (χ1) is 7.85. The molecule has 0 saturated carbocycles. The van der Waals surface area contributed by atoms with Crippen molar-refractivity contribution < 1.29 is 13.6 Å². The van der Waals surface area contributed by atoms with Crippen molar-refractivity contribution in [2.24, 2.45) is 11.1 Å². The summed E-state index contributed by atoms with van der Waals surface area (Å²) in [5, 5.41) is 2.53. The van der Waals surface area contributed by atoms with E-state index in [9.17, 15) is 13.6 Å². The fourth-order valence-corrected chi connectivity index (χ4v) is 1.16. The molecule has 0 spiro atoms. The first-order valence-electron chi connectivity index (χ1n) is 5.29. The molecule has 0 aliphatic carbocycles. The van der Waals surface area contributed by atoms with Gasteiger partial charge in [-0.3, -0.25) is 4.79 Å². The van der Waals surface area contributed by atoms with E-state index in [2.05, 4.69) is 5.32 Å². The summed E-state index contributed by atoms with van der Waals surface area (Å²) in [6.45, 7) is 4.43. The largest absolute Gasteiger partial charge is 0.351 e. The van der Waals surface area contributed by atoms with Crippen LogP contribution < -0.4 is 11.1 Å². The van der Waals surface area contributed by atoms with E-state index in [0.717, 1.165) is 18.2 Å². The Balaban J connectivity index is 2.74. The smallest absolute Gasteiger partial charge is 0.254 e. The minimum absolute atomic E-state index is 0.278. The third kappa shape index (κ3) is 3.78. The Morgan fingerprint density at radius 1 is 1.41 bits per heavy atom. The van der Waals surface area contributed by atoms with Gasteiger partial charge in [0.1, 0.15) is 11.6 Å². The molecule has 0 saturated heterocycles. The number of carbonyl (C=O) groups excluding carboxylic acids is 1. The summed E-state index contributed by atoms with van der Waals surface area (Å²) < 4.78 is 26.2. The molecule has 0 bridgehead atoms. The van der Waals surface area contributed by atoms with E-state index in [1.165, 1.54) is 0 Å². The molecule has 0 atom stereocenters. The van der Waals surface area contributed by atoms with Crippen molar-refractivity contribution in [1.29, 1.82) is 0 Å². The van der Waals surface area contributed by atoms with Crippen LogP contribution in [0.1, 0.15) is 24.2 Å². The van der Waals surface area contributed by atoms with Gasteiger partial charge in [0, 0.05) is 6.54 Å². The first-order valence-corrected chi connectivity index (χ1v) is 5.29. The molecular weight excluding hydrogens is 226 g/mol. The lowest BCUT2D eigenvalue weighted by Crippen LogP contribution is -2.38. The quantitative estimate of drug-likeness (QED) is 0.844. The van der Waals surface area contributed by atoms with Gasteiger partial charge < -0.3 is 11.1 Å². The minimum atomic E-state index is -0.741. The van der Waals surface area contributed by atoms with Crippen molar-refractivity contribution in [3.8, 4) is 0 Å². The van der Waals surface area contributed by atoms with E-state index in [1.807, 2.05) is 13.8 Å². The summed E-state index contributed by atoms with van der Waals surface area (Å²) >= 11 is 0. The van der Waals surface area contributed by atoms with Crippen LogP contribution in [0, 0.1) is 17.0 Å². The van der Waals surface area contributed by atoms with Crippen LogP contribution in [0.5, 0.6) is 0 Å². The van der Waals surface area contributed by atoms with Gasteiger partial charge >= 0.3 is 0 Å². The van der Waals surface area contributed by atoms with Crippen LogP contribution in [0.2, 0.25) is 0 Å². The predicted molar refractivity (Wildman–Crippen MR) is 61.5 cm³/mol. The van der Waals surface area contributed by atoms with E-state index in [0.29, 0.717) is 13.1 Å². The van der Waals surface area contributed by atoms with E-state index in [4.69, 9.17) is 5.73 Å². The molecule has 1 amide bonds. The molecule has 0 aliphatic heterocycles. The van der Waals surface area contributed by atoms with Gasteiger partial charge in [-0.15, -0.1) is 0 Å². The topological polar surface area (TPSA) is 55.1 Å². The van der Waals surface area contributed by atoms with Crippen LogP contribution in [0.15, 0.2) is 18.2 Å². The third-order valence-corrected chi connectivity index (χ3v) is 2.45. The van der Waals surface area contributed by atoms with Crippen molar-refractivity contribution in [1.82, 2.24) is 5.32 Å². The van der Waals surface area contributed by atoms with Crippen LogP contribution in [0.3, 0.4) is 0 Å². The van der Waals surface area contributed by atoms with Crippen molar-refractivity contribution >= 4 is 5.91 Å². The fourth-order valence-electron chi connectivity index (χ4n) is 1.16. The number of hydrogen-bond donors (Lipinski definition) is 2. The van der Waals surface area contributed by atoms with E-state index >= 15 is 0 Å². The number of rotatable bonds is 4. The standard InChI is InChI=1S/C12H16F2N2O/c1-12(2,6-15)7-16-11(17)9-5-8(13)3-4-10(9)14/h3-5H,6-7,15H2,1-2H3,(H,16,17). The highest BCUT2D eigenvalue weighted by molar-refractivity contribution is 5.94. The lowest BCUT2D eigenvalue weighted by molar-refractivity contribution is 0.0933. The van der Waals surface area contributed by atoms with E-state index in [1.54, 1.807) is 0 Å². The normalized spacial score (nSPS) is 11.4. The highest BCUT2D eigenvalue weighted by Gasteiger charge is 2.19. The highest BCUT2D eigenvalue weighted by Crippen LogP contribution is 2.12. The molecule has 1 rings (SSSR count). The van der Waals surface area contributed by atoms with Crippen molar-refractivity contribution in [2.75, 3.05) is 13.1 Å². The summed E-state index contributed by atoms with van der Waals surface area (Å²) in [5.41, 5.74) is 4.93. The zero-order valence-corrected chi connectivity index (χ0v) is 9.89. The predicted octanol–water partition coefficient (Wildman–Crippen LogP) is 1.68. The van der Waals surface area contributed by atoms with Crippen LogP contribution in [0.4, 0.5) is 8.78 Å². The highest BCUT2D eigenvalue weighted by atomic mass is 19.1. The molecule has 0 radical (unpaired) electrons. The van der Waals surface area contributed by atoms with Crippen molar-refractivity contribution in [2.45, 2.75) is 13.8 Å². The first kappa shape index (κ1) is 13.6. The Kier molecular flexibility index (Phi) is 4.17. The second kappa shape index (κ2) is 5.23. The summed E-state index contributed by atoms with van der Waals surface area (Å²) in [6.07, 6.45) is 0. The molecule has 94 valence electrons. The van der Waals surface area contributed by atoms with Crippen molar-refractivity contribution in [3.05, 3.63) is 35.4 Å². The molecule has 1 aromatic carbocycles. The van der Waals surface area contributed by atoms with Gasteiger partial charge in [-0.1, -0.05) is 13.8 Å². The molecule has 0 fully saturated rings. The molecule has 0 aliphatic rings. The average Bonchev–Trinajstić information content (AvgIpc) is 2.29. The number of nitrogens with one attached hydrogen (secondary N) is 1. The van der Waals surface area contributed by atoms with Crippen LogP contribution in [-0.4, -0.2) is 19.0 Å². The molecule has 0 heterocycles. The number of benzene rings is 1. The number of amides is 1. The maximum atomic E-state index is 13.3. The van der Waals surface area contributed by atoms with Gasteiger partial charge in [-0.25, -0.2) is 8.78 Å². The Morgan fingerprint density at radius 2 is 2.06 bits per heavy atom. The number of nitrogens with two attached hydrogens (primary N) is 1. The number of carbonyl (C=O) groups is 1.